The van der Waals surface area contributed by atoms with Crippen molar-refractivity contribution in [1.82, 2.24) is 5.32 Å². The molecule has 116 valence electrons. The van der Waals surface area contributed by atoms with E-state index in [2.05, 4.69) is 5.32 Å². The van der Waals surface area contributed by atoms with E-state index in [0.717, 1.165) is 12.8 Å². The summed E-state index contributed by atoms with van der Waals surface area (Å²) in [7, 11) is 1.72. The maximum atomic E-state index is 13.4. The number of nitrogens with one attached hydrogen (secondary N) is 1. The molecule has 1 N–H and O–H groups in total. The normalized spacial score (nSPS) is 25.4. The van der Waals surface area contributed by atoms with Crippen molar-refractivity contribution >= 4 is 5.69 Å². The van der Waals surface area contributed by atoms with Crippen molar-refractivity contribution in [2.45, 2.75) is 37.8 Å². The lowest BCUT2D eigenvalue weighted by Crippen LogP contribution is -2.43. The second kappa shape index (κ2) is 5.50. The zero-order valence-electron chi connectivity index (χ0n) is 11.9. The van der Waals surface area contributed by atoms with E-state index in [0.29, 0.717) is 25.2 Å². The number of ether oxygens (including phenoxy) is 1. The molecule has 0 spiro atoms. The zero-order chi connectivity index (χ0) is 15.0. The first kappa shape index (κ1) is 14.7. The van der Waals surface area contributed by atoms with Crippen LogP contribution < -0.4 is 10.2 Å². The van der Waals surface area contributed by atoms with Gasteiger partial charge in [0.1, 0.15) is 0 Å². The minimum Gasteiger partial charge on any atom is -0.371 e. The molecule has 2 bridgehead atoms. The summed E-state index contributed by atoms with van der Waals surface area (Å²) in [6.45, 7) is 1.52. The Kier molecular flexibility index (Phi) is 3.84. The number of nitrogens with zero attached hydrogens (tertiary/aromatic N) is 1. The van der Waals surface area contributed by atoms with Crippen molar-refractivity contribution in [2.24, 2.45) is 0 Å². The van der Waals surface area contributed by atoms with Crippen LogP contribution in [0, 0.1) is 0 Å². The lowest BCUT2D eigenvalue weighted by atomic mass is 10.1. The molecule has 0 radical (unpaired) electrons. The average Bonchev–Trinajstić information content (AvgIpc) is 2.77. The van der Waals surface area contributed by atoms with Crippen molar-refractivity contribution in [3.05, 3.63) is 29.3 Å². The van der Waals surface area contributed by atoms with Crippen molar-refractivity contribution in [3.63, 3.8) is 0 Å². The molecular formula is C15H19F3N2O. The highest BCUT2D eigenvalue weighted by Crippen LogP contribution is 2.39. The molecule has 0 amide bonds. The Bertz CT molecular complexity index is 506. The fourth-order valence-electron chi connectivity index (χ4n) is 3.21. The summed E-state index contributed by atoms with van der Waals surface area (Å²) in [5.41, 5.74) is 0.379. The number of alkyl halides is 3. The lowest BCUT2D eigenvalue weighted by molar-refractivity contribution is -0.137. The molecule has 2 fully saturated rings. The topological polar surface area (TPSA) is 24.5 Å². The van der Waals surface area contributed by atoms with Crippen LogP contribution in [0.15, 0.2) is 18.2 Å². The third-order valence-corrected chi connectivity index (χ3v) is 4.13. The van der Waals surface area contributed by atoms with E-state index in [4.69, 9.17) is 4.74 Å². The number of anilines is 1. The van der Waals surface area contributed by atoms with Gasteiger partial charge in [-0.15, -0.1) is 0 Å². The molecule has 2 heterocycles. The lowest BCUT2D eigenvalue weighted by Gasteiger charge is -2.35. The highest BCUT2D eigenvalue weighted by Gasteiger charge is 2.39. The molecule has 6 heteroatoms. The summed E-state index contributed by atoms with van der Waals surface area (Å²) < 4.78 is 45.8. The van der Waals surface area contributed by atoms with Crippen molar-refractivity contribution < 1.29 is 17.9 Å². The quantitative estimate of drug-likeness (QED) is 0.929. The Morgan fingerprint density at radius 2 is 1.90 bits per heavy atom. The Morgan fingerprint density at radius 3 is 2.48 bits per heavy atom. The van der Waals surface area contributed by atoms with E-state index in [1.54, 1.807) is 19.2 Å². The number of hydrogen-bond acceptors (Lipinski definition) is 3. The number of rotatable bonds is 3. The molecule has 3 rings (SSSR count). The van der Waals surface area contributed by atoms with Gasteiger partial charge in [0.2, 0.25) is 0 Å². The summed E-state index contributed by atoms with van der Waals surface area (Å²) in [5.74, 6) is 0. The van der Waals surface area contributed by atoms with Gasteiger partial charge in [-0.2, -0.15) is 13.2 Å². The molecule has 3 nitrogen and oxygen atoms in total. The van der Waals surface area contributed by atoms with Crippen LogP contribution in [-0.4, -0.2) is 32.3 Å². The molecule has 2 saturated heterocycles. The number of benzene rings is 1. The fraction of sp³-hybridized carbons (Fsp3) is 0.600. The van der Waals surface area contributed by atoms with E-state index >= 15 is 0 Å². The van der Waals surface area contributed by atoms with E-state index in [1.807, 2.05) is 4.90 Å². The van der Waals surface area contributed by atoms with Gasteiger partial charge in [-0.3, -0.25) is 0 Å². The maximum absolute atomic E-state index is 13.4. The van der Waals surface area contributed by atoms with Gasteiger partial charge in [0.15, 0.2) is 0 Å². The first-order valence-corrected chi connectivity index (χ1v) is 7.22. The van der Waals surface area contributed by atoms with Crippen LogP contribution >= 0.6 is 0 Å². The van der Waals surface area contributed by atoms with Crippen LogP contribution in [0.4, 0.5) is 18.9 Å². The molecule has 2 atom stereocenters. The summed E-state index contributed by atoms with van der Waals surface area (Å²) in [6, 6.07) is 4.61. The van der Waals surface area contributed by atoms with Crippen LogP contribution in [0.1, 0.15) is 24.0 Å². The fourth-order valence-corrected chi connectivity index (χ4v) is 3.21. The highest BCUT2D eigenvalue weighted by atomic mass is 19.4. The summed E-state index contributed by atoms with van der Waals surface area (Å²) >= 11 is 0. The van der Waals surface area contributed by atoms with Gasteiger partial charge >= 0.3 is 6.18 Å². The predicted octanol–water partition coefficient (Wildman–Crippen LogP) is 2.79. The molecule has 2 unspecified atom stereocenters. The van der Waals surface area contributed by atoms with Crippen molar-refractivity contribution in [1.29, 1.82) is 0 Å². The van der Waals surface area contributed by atoms with Crippen molar-refractivity contribution in [3.8, 4) is 0 Å². The van der Waals surface area contributed by atoms with E-state index in [9.17, 15) is 13.2 Å². The van der Waals surface area contributed by atoms with Gasteiger partial charge in [0, 0.05) is 25.3 Å². The molecule has 2 aliphatic rings. The molecule has 0 saturated carbocycles. The Hall–Kier alpha value is -1.27. The van der Waals surface area contributed by atoms with Crippen LogP contribution in [-0.2, 0) is 17.5 Å². The SMILES string of the molecule is CNCc1ccc(N2CC3CCC(C2)O3)c(C(F)(F)F)c1. The summed E-state index contributed by atoms with van der Waals surface area (Å²) in [6.07, 6.45) is -2.31. The standard InChI is InChI=1S/C15H19F3N2O/c1-19-7-10-2-5-14(13(6-10)15(16,17)18)20-8-11-3-4-12(9-20)21-11/h2,5-6,11-12,19H,3-4,7-9H2,1H3. The maximum Gasteiger partial charge on any atom is 0.418 e. The Labute approximate surface area is 122 Å². The summed E-state index contributed by atoms with van der Waals surface area (Å²) in [5, 5.41) is 2.88. The van der Waals surface area contributed by atoms with Gasteiger partial charge < -0.3 is 15.0 Å². The van der Waals surface area contributed by atoms with E-state index in [1.165, 1.54) is 6.07 Å². The Balaban J connectivity index is 1.93. The molecular weight excluding hydrogens is 281 g/mol. The second-order valence-corrected chi connectivity index (χ2v) is 5.74. The first-order valence-electron chi connectivity index (χ1n) is 7.22. The highest BCUT2D eigenvalue weighted by molar-refractivity contribution is 5.57. The third-order valence-electron chi connectivity index (χ3n) is 4.13. The number of halogens is 3. The molecule has 0 aromatic heterocycles. The molecule has 2 aliphatic heterocycles. The van der Waals surface area contributed by atoms with Crippen LogP contribution in [0.3, 0.4) is 0 Å². The number of fused-ring (bicyclic) bond motifs is 2. The first-order chi connectivity index (χ1) is 9.97. The van der Waals surface area contributed by atoms with Gasteiger partial charge in [0.25, 0.3) is 0 Å². The van der Waals surface area contributed by atoms with Crippen molar-refractivity contribution in [2.75, 3.05) is 25.0 Å². The van der Waals surface area contributed by atoms with Gasteiger partial charge in [-0.1, -0.05) is 6.07 Å². The predicted molar refractivity (Wildman–Crippen MR) is 74.3 cm³/mol. The number of hydrogen-bond donors (Lipinski definition) is 1. The monoisotopic (exact) mass is 300 g/mol. The molecule has 0 aliphatic carbocycles. The number of morpholine rings is 1. The third kappa shape index (κ3) is 3.01. The molecule has 21 heavy (non-hydrogen) atoms. The van der Waals surface area contributed by atoms with Crippen LogP contribution in [0.5, 0.6) is 0 Å². The van der Waals surface area contributed by atoms with Crippen LogP contribution in [0.25, 0.3) is 0 Å². The molecule has 1 aromatic rings. The van der Waals surface area contributed by atoms with Crippen LogP contribution in [0.2, 0.25) is 0 Å². The zero-order valence-corrected chi connectivity index (χ0v) is 11.9. The average molecular weight is 300 g/mol. The van der Waals surface area contributed by atoms with Gasteiger partial charge in [0.05, 0.1) is 17.8 Å². The van der Waals surface area contributed by atoms with Gasteiger partial charge in [-0.25, -0.2) is 0 Å². The van der Waals surface area contributed by atoms with Gasteiger partial charge in [-0.05, 0) is 37.6 Å². The summed E-state index contributed by atoms with van der Waals surface area (Å²) in [4.78, 5) is 1.83. The smallest absolute Gasteiger partial charge is 0.371 e. The Morgan fingerprint density at radius 1 is 1.24 bits per heavy atom. The molecule has 1 aromatic carbocycles. The second-order valence-electron chi connectivity index (χ2n) is 5.74. The van der Waals surface area contributed by atoms with E-state index in [-0.39, 0.29) is 17.9 Å². The largest absolute Gasteiger partial charge is 0.418 e. The minimum absolute atomic E-state index is 0.0711. The minimum atomic E-state index is -4.34. The van der Waals surface area contributed by atoms with E-state index < -0.39 is 11.7 Å².